The van der Waals surface area contributed by atoms with Gasteiger partial charge < -0.3 is 25.4 Å². The number of hydrogen-bond acceptors (Lipinski definition) is 3. The van der Waals surface area contributed by atoms with E-state index in [1.165, 1.54) is 17.2 Å². The molecule has 0 radical (unpaired) electrons. The first-order valence-corrected chi connectivity index (χ1v) is 9.17. The average molecular weight is 367 g/mol. The van der Waals surface area contributed by atoms with Crippen molar-refractivity contribution in [3.05, 3.63) is 60.2 Å². The monoisotopic (exact) mass is 367 g/mol. The molecule has 1 aromatic carbocycles. The lowest BCUT2D eigenvalue weighted by molar-refractivity contribution is 0.0926. The number of rotatable bonds is 8. The standard InChI is InChI=1S/C20H25N5O2/c1-2-21-20(24-12-11-22-19(26)18-8-5-13-27-18)23-10-9-15-14-25-17-7-4-3-6-16(15)17/h3-8,13-14,25H,2,9-12H2,1H3,(H,22,26)(H2,21,23,24). The Morgan fingerprint density at radius 2 is 1.96 bits per heavy atom. The van der Waals surface area contributed by atoms with E-state index >= 15 is 0 Å². The van der Waals surface area contributed by atoms with Gasteiger partial charge in [0.1, 0.15) is 0 Å². The van der Waals surface area contributed by atoms with Gasteiger partial charge in [0.25, 0.3) is 5.91 Å². The van der Waals surface area contributed by atoms with Gasteiger partial charge in [-0.2, -0.15) is 0 Å². The number of benzene rings is 1. The number of amides is 1. The molecule has 2 aromatic heterocycles. The van der Waals surface area contributed by atoms with Crippen molar-refractivity contribution in [1.82, 2.24) is 20.9 Å². The summed E-state index contributed by atoms with van der Waals surface area (Å²) in [4.78, 5) is 19.7. The van der Waals surface area contributed by atoms with Crippen molar-refractivity contribution in [2.75, 3.05) is 26.2 Å². The van der Waals surface area contributed by atoms with Crippen LogP contribution in [0.4, 0.5) is 0 Å². The highest BCUT2D eigenvalue weighted by molar-refractivity contribution is 5.91. The third-order valence-corrected chi connectivity index (χ3v) is 4.12. The Morgan fingerprint density at radius 3 is 2.78 bits per heavy atom. The van der Waals surface area contributed by atoms with Crippen LogP contribution in [-0.2, 0) is 6.42 Å². The maximum atomic E-state index is 11.8. The summed E-state index contributed by atoms with van der Waals surface area (Å²) in [6.45, 7) is 4.53. The fraction of sp³-hybridized carbons (Fsp3) is 0.300. The van der Waals surface area contributed by atoms with E-state index in [4.69, 9.17) is 4.42 Å². The predicted molar refractivity (Wildman–Crippen MR) is 107 cm³/mol. The van der Waals surface area contributed by atoms with E-state index in [0.29, 0.717) is 25.4 Å². The summed E-state index contributed by atoms with van der Waals surface area (Å²) in [6.07, 6.45) is 4.39. The van der Waals surface area contributed by atoms with Gasteiger partial charge in [-0.3, -0.25) is 9.79 Å². The van der Waals surface area contributed by atoms with E-state index in [9.17, 15) is 4.79 Å². The van der Waals surface area contributed by atoms with Crippen LogP contribution < -0.4 is 16.0 Å². The molecule has 0 saturated heterocycles. The SMILES string of the molecule is CCNC(=NCCc1c[nH]c2ccccc12)NCCNC(=O)c1ccco1. The third-order valence-electron chi connectivity index (χ3n) is 4.12. The summed E-state index contributed by atoms with van der Waals surface area (Å²) < 4.78 is 5.06. The summed E-state index contributed by atoms with van der Waals surface area (Å²) in [6, 6.07) is 11.6. The lowest BCUT2D eigenvalue weighted by Gasteiger charge is -2.11. The molecule has 0 saturated carbocycles. The number of aromatic amines is 1. The Balaban J connectivity index is 1.45. The summed E-state index contributed by atoms with van der Waals surface area (Å²) in [5.41, 5.74) is 2.41. The summed E-state index contributed by atoms with van der Waals surface area (Å²) in [5.74, 6) is 0.835. The highest BCUT2D eigenvalue weighted by Gasteiger charge is 2.07. The van der Waals surface area contributed by atoms with Gasteiger partial charge in [0.05, 0.1) is 6.26 Å². The van der Waals surface area contributed by atoms with Gasteiger partial charge in [0, 0.05) is 43.3 Å². The molecule has 0 aliphatic carbocycles. The minimum absolute atomic E-state index is 0.219. The second-order valence-electron chi connectivity index (χ2n) is 6.03. The number of hydrogen-bond donors (Lipinski definition) is 4. The van der Waals surface area contributed by atoms with Crippen molar-refractivity contribution in [2.24, 2.45) is 4.99 Å². The number of para-hydroxylation sites is 1. The van der Waals surface area contributed by atoms with Crippen LogP contribution in [-0.4, -0.2) is 43.0 Å². The lowest BCUT2D eigenvalue weighted by Crippen LogP contribution is -2.41. The van der Waals surface area contributed by atoms with Crippen LogP contribution in [0.5, 0.6) is 0 Å². The van der Waals surface area contributed by atoms with Crippen molar-refractivity contribution >= 4 is 22.8 Å². The molecule has 0 spiro atoms. The zero-order valence-corrected chi connectivity index (χ0v) is 15.4. The molecule has 0 bridgehead atoms. The number of furan rings is 1. The molecular formula is C20H25N5O2. The second kappa shape index (κ2) is 9.47. The molecule has 1 amide bonds. The van der Waals surface area contributed by atoms with E-state index in [1.54, 1.807) is 12.1 Å². The molecule has 0 aliphatic rings. The number of fused-ring (bicyclic) bond motifs is 1. The first kappa shape index (κ1) is 18.6. The van der Waals surface area contributed by atoms with E-state index < -0.39 is 0 Å². The molecule has 3 rings (SSSR count). The fourth-order valence-electron chi connectivity index (χ4n) is 2.82. The minimum atomic E-state index is -0.219. The minimum Gasteiger partial charge on any atom is -0.459 e. The normalized spacial score (nSPS) is 11.5. The Morgan fingerprint density at radius 1 is 1.11 bits per heavy atom. The maximum Gasteiger partial charge on any atom is 0.287 e. The zero-order chi connectivity index (χ0) is 18.9. The smallest absolute Gasteiger partial charge is 0.287 e. The van der Waals surface area contributed by atoms with E-state index in [-0.39, 0.29) is 5.91 Å². The Labute approximate surface area is 158 Å². The molecule has 7 heteroatoms. The molecule has 27 heavy (non-hydrogen) atoms. The Kier molecular flexibility index (Phi) is 6.51. The predicted octanol–water partition coefficient (Wildman–Crippen LogP) is 2.29. The van der Waals surface area contributed by atoms with E-state index in [0.717, 1.165) is 24.4 Å². The van der Waals surface area contributed by atoms with Crippen LogP contribution in [0.2, 0.25) is 0 Å². The fourth-order valence-corrected chi connectivity index (χ4v) is 2.82. The summed E-state index contributed by atoms with van der Waals surface area (Å²) in [5, 5.41) is 10.5. The van der Waals surface area contributed by atoms with Gasteiger partial charge >= 0.3 is 0 Å². The summed E-state index contributed by atoms with van der Waals surface area (Å²) in [7, 11) is 0. The van der Waals surface area contributed by atoms with Crippen LogP contribution in [0.1, 0.15) is 23.0 Å². The maximum absolute atomic E-state index is 11.8. The van der Waals surface area contributed by atoms with Gasteiger partial charge in [-0.1, -0.05) is 18.2 Å². The number of nitrogens with one attached hydrogen (secondary N) is 4. The van der Waals surface area contributed by atoms with E-state index in [1.807, 2.05) is 25.3 Å². The molecule has 142 valence electrons. The number of nitrogens with zero attached hydrogens (tertiary/aromatic N) is 1. The number of guanidine groups is 1. The quantitative estimate of drug-likeness (QED) is 0.279. The van der Waals surface area contributed by atoms with Crippen LogP contribution in [0, 0.1) is 0 Å². The van der Waals surface area contributed by atoms with Gasteiger partial charge in [-0.05, 0) is 37.1 Å². The lowest BCUT2D eigenvalue weighted by atomic mass is 10.1. The number of carbonyl (C=O) groups excluding carboxylic acids is 1. The molecule has 4 N–H and O–H groups in total. The van der Waals surface area contributed by atoms with E-state index in [2.05, 4.69) is 38.1 Å². The highest BCUT2D eigenvalue weighted by Crippen LogP contribution is 2.17. The van der Waals surface area contributed by atoms with Crippen molar-refractivity contribution in [2.45, 2.75) is 13.3 Å². The number of aromatic nitrogens is 1. The number of aliphatic imine (C=N–C) groups is 1. The third kappa shape index (κ3) is 5.13. The van der Waals surface area contributed by atoms with Gasteiger partial charge in [0.2, 0.25) is 0 Å². The average Bonchev–Trinajstić information content (AvgIpc) is 3.35. The molecule has 0 unspecified atom stereocenters. The molecule has 2 heterocycles. The molecule has 0 fully saturated rings. The molecule has 3 aromatic rings. The second-order valence-corrected chi connectivity index (χ2v) is 6.03. The Bertz CT molecular complexity index is 883. The topological polar surface area (TPSA) is 94.5 Å². The van der Waals surface area contributed by atoms with Gasteiger partial charge in [-0.15, -0.1) is 0 Å². The van der Waals surface area contributed by atoms with Crippen LogP contribution in [0.15, 0.2) is 58.3 Å². The largest absolute Gasteiger partial charge is 0.459 e. The molecule has 7 nitrogen and oxygen atoms in total. The number of H-pyrrole nitrogens is 1. The van der Waals surface area contributed by atoms with Crippen molar-refractivity contribution < 1.29 is 9.21 Å². The Hall–Kier alpha value is -3.22. The highest BCUT2D eigenvalue weighted by atomic mass is 16.3. The first-order valence-electron chi connectivity index (χ1n) is 9.17. The molecular weight excluding hydrogens is 342 g/mol. The zero-order valence-electron chi connectivity index (χ0n) is 15.4. The van der Waals surface area contributed by atoms with Gasteiger partial charge in [0.15, 0.2) is 11.7 Å². The molecule has 0 aliphatic heterocycles. The van der Waals surface area contributed by atoms with Crippen LogP contribution in [0.25, 0.3) is 10.9 Å². The van der Waals surface area contributed by atoms with Gasteiger partial charge in [-0.25, -0.2) is 0 Å². The van der Waals surface area contributed by atoms with Crippen molar-refractivity contribution in [1.29, 1.82) is 0 Å². The summed E-state index contributed by atoms with van der Waals surface area (Å²) >= 11 is 0. The van der Waals surface area contributed by atoms with Crippen LogP contribution >= 0.6 is 0 Å². The first-order chi connectivity index (χ1) is 13.3. The van der Waals surface area contributed by atoms with Crippen molar-refractivity contribution in [3.63, 3.8) is 0 Å². The number of carbonyl (C=O) groups is 1. The van der Waals surface area contributed by atoms with Crippen molar-refractivity contribution in [3.8, 4) is 0 Å². The molecule has 0 atom stereocenters. The van der Waals surface area contributed by atoms with Crippen LogP contribution in [0.3, 0.4) is 0 Å².